The number of sulfonamides is 1. The third-order valence-electron chi connectivity index (χ3n) is 2.88. The van der Waals surface area contributed by atoms with E-state index in [1.165, 1.54) is 12.1 Å². The normalized spacial score (nSPS) is 13.2. The van der Waals surface area contributed by atoms with Crippen molar-refractivity contribution in [3.63, 3.8) is 0 Å². The molecule has 1 amide bonds. The number of carbonyl (C=O) groups is 1. The Labute approximate surface area is 113 Å². The van der Waals surface area contributed by atoms with Crippen LogP contribution in [0.4, 0.5) is 0 Å². The first kappa shape index (κ1) is 15.6. The molecule has 0 aliphatic carbocycles. The van der Waals surface area contributed by atoms with Crippen molar-refractivity contribution in [3.8, 4) is 0 Å². The summed E-state index contributed by atoms with van der Waals surface area (Å²) in [7, 11) is -3.69. The Morgan fingerprint density at radius 1 is 1.42 bits per heavy atom. The maximum absolute atomic E-state index is 12.1. The van der Waals surface area contributed by atoms with Gasteiger partial charge in [-0.1, -0.05) is 13.0 Å². The average Bonchev–Trinajstić information content (AvgIpc) is 2.35. The van der Waals surface area contributed by atoms with Gasteiger partial charge in [0.2, 0.25) is 15.9 Å². The van der Waals surface area contributed by atoms with Crippen LogP contribution in [0.5, 0.6) is 0 Å². The SMILES string of the molecule is CCC(CN)NS(=O)(=O)c1ccc(C)c(C(N)=O)c1. The topological polar surface area (TPSA) is 115 Å². The number of carbonyl (C=O) groups excluding carboxylic acids is 1. The minimum atomic E-state index is -3.69. The van der Waals surface area contributed by atoms with Crippen molar-refractivity contribution in [1.29, 1.82) is 0 Å². The predicted molar refractivity (Wildman–Crippen MR) is 73.2 cm³/mol. The maximum Gasteiger partial charge on any atom is 0.249 e. The van der Waals surface area contributed by atoms with E-state index in [1.807, 2.05) is 6.92 Å². The lowest BCUT2D eigenvalue weighted by Crippen LogP contribution is -2.39. The van der Waals surface area contributed by atoms with E-state index in [0.29, 0.717) is 12.0 Å². The molecule has 0 radical (unpaired) electrons. The van der Waals surface area contributed by atoms with E-state index >= 15 is 0 Å². The minimum Gasteiger partial charge on any atom is -0.366 e. The summed E-state index contributed by atoms with van der Waals surface area (Å²) in [5, 5.41) is 0. The fourth-order valence-corrected chi connectivity index (χ4v) is 2.98. The van der Waals surface area contributed by atoms with E-state index in [2.05, 4.69) is 4.72 Å². The molecule has 19 heavy (non-hydrogen) atoms. The lowest BCUT2D eigenvalue weighted by atomic mass is 10.1. The smallest absolute Gasteiger partial charge is 0.249 e. The largest absolute Gasteiger partial charge is 0.366 e. The van der Waals surface area contributed by atoms with Gasteiger partial charge in [-0.25, -0.2) is 13.1 Å². The fourth-order valence-electron chi connectivity index (χ4n) is 1.62. The molecule has 0 saturated carbocycles. The number of benzene rings is 1. The number of rotatable bonds is 6. The van der Waals surface area contributed by atoms with Gasteiger partial charge >= 0.3 is 0 Å². The minimum absolute atomic E-state index is 0.0128. The van der Waals surface area contributed by atoms with Crippen LogP contribution in [0.2, 0.25) is 0 Å². The Morgan fingerprint density at radius 3 is 2.53 bits per heavy atom. The van der Waals surface area contributed by atoms with Crippen LogP contribution in [0, 0.1) is 6.92 Å². The van der Waals surface area contributed by atoms with Gasteiger partial charge in [0.25, 0.3) is 0 Å². The van der Waals surface area contributed by atoms with Crippen LogP contribution >= 0.6 is 0 Å². The number of amides is 1. The van der Waals surface area contributed by atoms with E-state index in [0.717, 1.165) is 0 Å². The van der Waals surface area contributed by atoms with Crippen molar-refractivity contribution in [3.05, 3.63) is 29.3 Å². The summed E-state index contributed by atoms with van der Waals surface area (Å²) in [4.78, 5) is 11.2. The Balaban J connectivity index is 3.15. The van der Waals surface area contributed by atoms with Crippen molar-refractivity contribution in [1.82, 2.24) is 4.72 Å². The molecule has 0 aromatic heterocycles. The average molecular weight is 285 g/mol. The number of hydrogen-bond donors (Lipinski definition) is 3. The highest BCUT2D eigenvalue weighted by molar-refractivity contribution is 7.89. The maximum atomic E-state index is 12.1. The van der Waals surface area contributed by atoms with Crippen LogP contribution < -0.4 is 16.2 Å². The van der Waals surface area contributed by atoms with E-state index < -0.39 is 15.9 Å². The van der Waals surface area contributed by atoms with Crippen molar-refractivity contribution in [2.75, 3.05) is 6.54 Å². The van der Waals surface area contributed by atoms with Crippen LogP contribution in [-0.4, -0.2) is 26.9 Å². The summed E-state index contributed by atoms with van der Waals surface area (Å²) in [5.74, 6) is -0.652. The highest BCUT2D eigenvalue weighted by Crippen LogP contribution is 2.15. The summed E-state index contributed by atoms with van der Waals surface area (Å²) >= 11 is 0. The third-order valence-corrected chi connectivity index (χ3v) is 4.40. The van der Waals surface area contributed by atoms with Gasteiger partial charge in [0.05, 0.1) is 4.90 Å². The zero-order valence-corrected chi connectivity index (χ0v) is 11.8. The fraction of sp³-hybridized carbons (Fsp3) is 0.417. The summed E-state index contributed by atoms with van der Waals surface area (Å²) in [6, 6.07) is 3.94. The monoisotopic (exact) mass is 285 g/mol. The highest BCUT2D eigenvalue weighted by Gasteiger charge is 2.19. The predicted octanol–water partition coefficient (Wildman–Crippen LogP) is 0.110. The van der Waals surface area contributed by atoms with Crippen molar-refractivity contribution in [2.24, 2.45) is 11.5 Å². The molecule has 5 N–H and O–H groups in total. The molecule has 0 heterocycles. The Bertz CT molecular complexity index is 566. The van der Waals surface area contributed by atoms with Crippen LogP contribution in [-0.2, 0) is 10.0 Å². The molecule has 0 aliphatic heterocycles. The first-order valence-electron chi connectivity index (χ1n) is 5.94. The second kappa shape index (κ2) is 6.14. The Kier molecular flexibility index (Phi) is 5.04. The highest BCUT2D eigenvalue weighted by atomic mass is 32.2. The van der Waals surface area contributed by atoms with E-state index in [1.54, 1.807) is 13.0 Å². The van der Waals surface area contributed by atoms with E-state index in [9.17, 15) is 13.2 Å². The van der Waals surface area contributed by atoms with Gasteiger partial charge in [0.1, 0.15) is 0 Å². The van der Waals surface area contributed by atoms with Crippen LogP contribution in [0.15, 0.2) is 23.1 Å². The van der Waals surface area contributed by atoms with Crippen LogP contribution in [0.1, 0.15) is 29.3 Å². The molecule has 1 unspecified atom stereocenters. The molecule has 1 atom stereocenters. The molecular formula is C12H19N3O3S. The second-order valence-electron chi connectivity index (χ2n) is 4.30. The van der Waals surface area contributed by atoms with Crippen LogP contribution in [0.3, 0.4) is 0 Å². The van der Waals surface area contributed by atoms with Gasteiger partial charge in [0, 0.05) is 18.2 Å². The molecule has 1 rings (SSSR count). The molecule has 106 valence electrons. The standard InChI is InChI=1S/C12H19N3O3S/c1-3-9(7-13)15-19(17,18)10-5-4-8(2)11(6-10)12(14)16/h4-6,9,15H,3,7,13H2,1-2H3,(H2,14,16). The molecule has 0 fully saturated rings. The zero-order chi connectivity index (χ0) is 14.6. The van der Waals surface area contributed by atoms with Crippen molar-refractivity contribution >= 4 is 15.9 Å². The molecule has 0 saturated heterocycles. The van der Waals surface area contributed by atoms with Crippen molar-refractivity contribution in [2.45, 2.75) is 31.2 Å². The number of aryl methyl sites for hydroxylation is 1. The first-order chi connectivity index (χ1) is 8.81. The number of nitrogens with one attached hydrogen (secondary N) is 1. The summed E-state index contributed by atoms with van der Waals surface area (Å²) < 4.78 is 26.7. The van der Waals surface area contributed by atoms with Gasteiger partial charge in [-0.05, 0) is 31.0 Å². The summed E-state index contributed by atoms with van der Waals surface area (Å²) in [5.41, 5.74) is 11.5. The van der Waals surface area contributed by atoms with Gasteiger partial charge in [-0.3, -0.25) is 4.79 Å². The summed E-state index contributed by atoms with van der Waals surface area (Å²) in [6.45, 7) is 3.74. The molecule has 1 aromatic carbocycles. The molecule has 7 heteroatoms. The zero-order valence-electron chi connectivity index (χ0n) is 11.0. The van der Waals surface area contributed by atoms with E-state index in [4.69, 9.17) is 11.5 Å². The van der Waals surface area contributed by atoms with Gasteiger partial charge in [-0.15, -0.1) is 0 Å². The van der Waals surface area contributed by atoms with Gasteiger partial charge < -0.3 is 11.5 Å². The Hall–Kier alpha value is -1.44. The second-order valence-corrected chi connectivity index (χ2v) is 6.02. The summed E-state index contributed by atoms with van der Waals surface area (Å²) in [6.07, 6.45) is 0.588. The quantitative estimate of drug-likeness (QED) is 0.688. The molecular weight excluding hydrogens is 266 g/mol. The molecule has 0 bridgehead atoms. The van der Waals surface area contributed by atoms with Crippen molar-refractivity contribution < 1.29 is 13.2 Å². The number of nitrogens with two attached hydrogens (primary N) is 2. The molecule has 6 nitrogen and oxygen atoms in total. The number of hydrogen-bond acceptors (Lipinski definition) is 4. The molecule has 0 aliphatic rings. The third kappa shape index (κ3) is 3.76. The lowest BCUT2D eigenvalue weighted by molar-refractivity contribution is 0.0999. The first-order valence-corrected chi connectivity index (χ1v) is 7.43. The van der Waals surface area contributed by atoms with Gasteiger partial charge in [0.15, 0.2) is 0 Å². The van der Waals surface area contributed by atoms with Crippen LogP contribution in [0.25, 0.3) is 0 Å². The number of primary amides is 1. The van der Waals surface area contributed by atoms with E-state index in [-0.39, 0.29) is 23.0 Å². The molecule has 0 spiro atoms. The Morgan fingerprint density at radius 2 is 2.05 bits per heavy atom. The molecule has 1 aromatic rings. The van der Waals surface area contributed by atoms with Gasteiger partial charge in [-0.2, -0.15) is 0 Å². The lowest BCUT2D eigenvalue weighted by Gasteiger charge is -2.15.